The maximum Gasteiger partial charge on any atom is 0.249 e. The summed E-state index contributed by atoms with van der Waals surface area (Å²) in [6.07, 6.45) is 1.65. The molecule has 0 aliphatic carbocycles. The first-order valence-electron chi connectivity index (χ1n) is 4.69. The van der Waals surface area contributed by atoms with Crippen molar-refractivity contribution in [1.82, 2.24) is 15.2 Å². The van der Waals surface area contributed by atoms with Gasteiger partial charge >= 0.3 is 0 Å². The van der Waals surface area contributed by atoms with Gasteiger partial charge in [0, 0.05) is 19.2 Å². The van der Waals surface area contributed by atoms with Gasteiger partial charge in [-0.3, -0.25) is 0 Å². The molecule has 0 spiro atoms. The molecule has 2 aromatic heterocycles. The van der Waals surface area contributed by atoms with Crippen molar-refractivity contribution in [1.29, 1.82) is 0 Å². The van der Waals surface area contributed by atoms with Crippen LogP contribution in [0.4, 0.5) is 0 Å². The van der Waals surface area contributed by atoms with E-state index >= 15 is 0 Å². The van der Waals surface area contributed by atoms with Crippen molar-refractivity contribution in [2.24, 2.45) is 0 Å². The Labute approximate surface area is 87.1 Å². The van der Waals surface area contributed by atoms with Crippen molar-refractivity contribution in [2.75, 3.05) is 6.61 Å². The molecule has 0 atom stereocenters. The Hall–Kier alpha value is -1.91. The van der Waals surface area contributed by atoms with E-state index in [1.807, 2.05) is 13.0 Å². The number of aryl methyl sites for hydroxylation is 1. The van der Waals surface area contributed by atoms with E-state index in [4.69, 9.17) is 9.15 Å². The zero-order chi connectivity index (χ0) is 10.7. The molecule has 15 heavy (non-hydrogen) atoms. The highest BCUT2D eigenvalue weighted by Crippen LogP contribution is 2.18. The van der Waals surface area contributed by atoms with Gasteiger partial charge in [0.25, 0.3) is 0 Å². The van der Waals surface area contributed by atoms with Gasteiger partial charge in [0.2, 0.25) is 17.7 Å². The largest absolute Gasteiger partial charge is 0.478 e. The first-order valence-corrected chi connectivity index (χ1v) is 4.69. The standard InChI is InChI=1S/C10H11N3O2/c1-3-14-9-5-4-8(6-11-9)10-13-12-7(2)15-10/h4-6H,3H2,1-2H3. The molecule has 0 aliphatic heterocycles. The second-order valence-electron chi connectivity index (χ2n) is 2.94. The molecule has 2 rings (SSSR count). The van der Waals surface area contributed by atoms with E-state index in [-0.39, 0.29) is 0 Å². The van der Waals surface area contributed by atoms with Gasteiger partial charge in [0.05, 0.1) is 12.2 Å². The number of rotatable bonds is 3. The number of hydrogen-bond acceptors (Lipinski definition) is 5. The number of nitrogens with zero attached hydrogens (tertiary/aromatic N) is 3. The minimum atomic E-state index is 0.475. The summed E-state index contributed by atoms with van der Waals surface area (Å²) in [4.78, 5) is 4.10. The molecule has 0 saturated heterocycles. The van der Waals surface area contributed by atoms with E-state index in [9.17, 15) is 0 Å². The lowest BCUT2D eigenvalue weighted by molar-refractivity contribution is 0.327. The van der Waals surface area contributed by atoms with Gasteiger partial charge in [-0.1, -0.05) is 0 Å². The molecule has 5 heteroatoms. The summed E-state index contributed by atoms with van der Waals surface area (Å²) >= 11 is 0. The Morgan fingerprint density at radius 1 is 1.33 bits per heavy atom. The summed E-state index contributed by atoms with van der Waals surface area (Å²) in [6, 6.07) is 3.61. The summed E-state index contributed by atoms with van der Waals surface area (Å²) in [5.41, 5.74) is 0.791. The summed E-state index contributed by atoms with van der Waals surface area (Å²) in [6.45, 7) is 4.27. The molecule has 2 aromatic rings. The molecule has 0 aliphatic rings. The topological polar surface area (TPSA) is 61.0 Å². The average molecular weight is 205 g/mol. The van der Waals surface area contributed by atoms with Crippen LogP contribution in [0.2, 0.25) is 0 Å². The van der Waals surface area contributed by atoms with Crippen molar-refractivity contribution in [3.63, 3.8) is 0 Å². The van der Waals surface area contributed by atoms with E-state index < -0.39 is 0 Å². The Kier molecular flexibility index (Phi) is 2.62. The second kappa shape index (κ2) is 4.08. The molecule has 0 unspecified atom stereocenters. The van der Waals surface area contributed by atoms with Crippen LogP contribution in [0.1, 0.15) is 12.8 Å². The molecule has 0 N–H and O–H groups in total. The minimum absolute atomic E-state index is 0.475. The molecular weight excluding hydrogens is 194 g/mol. The third kappa shape index (κ3) is 2.12. The molecule has 0 fully saturated rings. The molecular formula is C10H11N3O2. The molecule has 2 heterocycles. The number of aromatic nitrogens is 3. The van der Waals surface area contributed by atoms with Crippen molar-refractivity contribution >= 4 is 0 Å². The Morgan fingerprint density at radius 3 is 2.73 bits per heavy atom. The first kappa shape index (κ1) is 9.64. The Morgan fingerprint density at radius 2 is 2.20 bits per heavy atom. The molecule has 0 bridgehead atoms. The molecule has 5 nitrogen and oxygen atoms in total. The van der Waals surface area contributed by atoms with Crippen LogP contribution < -0.4 is 4.74 Å². The third-order valence-electron chi connectivity index (χ3n) is 1.80. The summed E-state index contributed by atoms with van der Waals surface area (Å²) in [5, 5.41) is 7.64. The van der Waals surface area contributed by atoms with E-state index in [1.54, 1.807) is 19.2 Å². The van der Waals surface area contributed by atoms with Crippen molar-refractivity contribution < 1.29 is 9.15 Å². The number of pyridine rings is 1. The lowest BCUT2D eigenvalue weighted by Crippen LogP contribution is -1.93. The van der Waals surface area contributed by atoms with Gasteiger partial charge in [-0.05, 0) is 13.0 Å². The molecule has 0 amide bonds. The van der Waals surface area contributed by atoms with Gasteiger partial charge in [-0.2, -0.15) is 0 Å². The fourth-order valence-electron chi connectivity index (χ4n) is 1.15. The molecule has 78 valence electrons. The van der Waals surface area contributed by atoms with Crippen LogP contribution >= 0.6 is 0 Å². The maximum absolute atomic E-state index is 5.27. The average Bonchev–Trinajstić information content (AvgIpc) is 2.67. The highest BCUT2D eigenvalue weighted by atomic mass is 16.5. The number of hydrogen-bond donors (Lipinski definition) is 0. The lowest BCUT2D eigenvalue weighted by Gasteiger charge is -2.00. The van der Waals surface area contributed by atoms with E-state index in [0.29, 0.717) is 24.3 Å². The monoisotopic (exact) mass is 205 g/mol. The Balaban J connectivity index is 2.23. The highest BCUT2D eigenvalue weighted by Gasteiger charge is 2.06. The second-order valence-corrected chi connectivity index (χ2v) is 2.94. The van der Waals surface area contributed by atoms with Crippen LogP contribution in [-0.2, 0) is 0 Å². The van der Waals surface area contributed by atoms with Gasteiger partial charge in [-0.15, -0.1) is 10.2 Å². The van der Waals surface area contributed by atoms with E-state index in [2.05, 4.69) is 15.2 Å². The van der Waals surface area contributed by atoms with Gasteiger partial charge in [0.15, 0.2) is 0 Å². The van der Waals surface area contributed by atoms with Gasteiger partial charge < -0.3 is 9.15 Å². The molecule has 0 saturated carbocycles. The van der Waals surface area contributed by atoms with Gasteiger partial charge in [0.1, 0.15) is 0 Å². The van der Waals surface area contributed by atoms with Crippen LogP contribution in [-0.4, -0.2) is 21.8 Å². The summed E-state index contributed by atoms with van der Waals surface area (Å²) in [7, 11) is 0. The fraction of sp³-hybridized carbons (Fsp3) is 0.300. The molecule has 0 radical (unpaired) electrons. The van der Waals surface area contributed by atoms with Crippen LogP contribution in [0.25, 0.3) is 11.5 Å². The van der Waals surface area contributed by atoms with E-state index in [0.717, 1.165) is 5.56 Å². The van der Waals surface area contributed by atoms with Crippen molar-refractivity contribution in [3.05, 3.63) is 24.2 Å². The third-order valence-corrected chi connectivity index (χ3v) is 1.80. The van der Waals surface area contributed by atoms with Crippen LogP contribution in [0, 0.1) is 6.92 Å². The predicted octanol–water partition coefficient (Wildman–Crippen LogP) is 1.84. The van der Waals surface area contributed by atoms with Crippen molar-refractivity contribution in [2.45, 2.75) is 13.8 Å². The SMILES string of the molecule is CCOc1ccc(-c2nnc(C)o2)cn1. The van der Waals surface area contributed by atoms with E-state index in [1.165, 1.54) is 0 Å². The number of ether oxygens (including phenoxy) is 1. The zero-order valence-electron chi connectivity index (χ0n) is 8.60. The summed E-state index contributed by atoms with van der Waals surface area (Å²) < 4.78 is 10.5. The lowest BCUT2D eigenvalue weighted by atomic mass is 10.3. The summed E-state index contributed by atoms with van der Waals surface area (Å²) in [5.74, 6) is 1.61. The maximum atomic E-state index is 5.27. The Bertz CT molecular complexity index is 436. The predicted molar refractivity (Wildman–Crippen MR) is 53.4 cm³/mol. The van der Waals surface area contributed by atoms with Crippen LogP contribution in [0.3, 0.4) is 0 Å². The first-order chi connectivity index (χ1) is 7.29. The van der Waals surface area contributed by atoms with Crippen LogP contribution in [0.15, 0.2) is 22.7 Å². The normalized spacial score (nSPS) is 10.3. The van der Waals surface area contributed by atoms with Crippen molar-refractivity contribution in [3.8, 4) is 17.3 Å². The smallest absolute Gasteiger partial charge is 0.249 e. The quantitative estimate of drug-likeness (QED) is 0.765. The zero-order valence-corrected chi connectivity index (χ0v) is 8.60. The van der Waals surface area contributed by atoms with Gasteiger partial charge in [-0.25, -0.2) is 4.98 Å². The highest BCUT2D eigenvalue weighted by molar-refractivity contribution is 5.51. The fourth-order valence-corrected chi connectivity index (χ4v) is 1.15. The molecule has 0 aromatic carbocycles. The van der Waals surface area contributed by atoms with Crippen LogP contribution in [0.5, 0.6) is 5.88 Å². The minimum Gasteiger partial charge on any atom is -0.478 e.